The van der Waals surface area contributed by atoms with E-state index in [1.54, 1.807) is 62.5 Å². The minimum atomic E-state index is -0.973. The number of carbonyl (C=O) groups is 3. The van der Waals surface area contributed by atoms with Gasteiger partial charge in [-0.1, -0.05) is 26.0 Å². The number of hydrogen-bond acceptors (Lipinski definition) is 4. The summed E-state index contributed by atoms with van der Waals surface area (Å²) in [6, 6.07) is 11.6. The zero-order valence-corrected chi connectivity index (χ0v) is 14.4. The minimum Gasteiger partial charge on any atom is -0.481 e. The third kappa shape index (κ3) is 3.42. The van der Waals surface area contributed by atoms with Gasteiger partial charge < -0.3 is 15.7 Å². The molecule has 1 aliphatic rings. The van der Waals surface area contributed by atoms with Crippen molar-refractivity contribution >= 4 is 29.3 Å². The molecule has 2 atom stereocenters. The smallest absolute Gasteiger partial charge is 0.307 e. The fourth-order valence-electron chi connectivity index (χ4n) is 3.17. The van der Waals surface area contributed by atoms with Crippen LogP contribution in [0.25, 0.3) is 0 Å². The highest BCUT2D eigenvalue weighted by molar-refractivity contribution is 6.05. The first-order chi connectivity index (χ1) is 12.3. The number of aromatic nitrogens is 1. The number of benzene rings is 1. The number of pyridine rings is 1. The first-order valence-electron chi connectivity index (χ1n) is 8.17. The first-order valence-corrected chi connectivity index (χ1v) is 8.17. The van der Waals surface area contributed by atoms with Crippen LogP contribution < -0.4 is 10.6 Å². The van der Waals surface area contributed by atoms with Crippen molar-refractivity contribution in [2.45, 2.75) is 13.8 Å². The number of carboxylic acids is 1. The minimum absolute atomic E-state index is 0.352. The Balaban J connectivity index is 1.69. The summed E-state index contributed by atoms with van der Waals surface area (Å²) in [5.41, 5.74) is 0.220. The Morgan fingerprint density at radius 1 is 1.04 bits per heavy atom. The lowest BCUT2D eigenvalue weighted by atomic mass is 10.1. The average Bonchev–Trinajstić information content (AvgIpc) is 3.19. The van der Waals surface area contributed by atoms with Gasteiger partial charge in [0.2, 0.25) is 5.91 Å². The van der Waals surface area contributed by atoms with Crippen LogP contribution in [0.2, 0.25) is 0 Å². The third-order valence-electron chi connectivity index (χ3n) is 4.67. The number of nitrogens with zero attached hydrogens (tertiary/aromatic N) is 1. The number of hydrogen-bond donors (Lipinski definition) is 3. The van der Waals surface area contributed by atoms with Gasteiger partial charge in [0.05, 0.1) is 11.8 Å². The molecule has 1 aliphatic carbocycles. The monoisotopic (exact) mass is 353 g/mol. The number of anilines is 2. The van der Waals surface area contributed by atoms with E-state index in [4.69, 9.17) is 0 Å². The molecule has 2 amide bonds. The highest BCUT2D eigenvalue weighted by atomic mass is 16.4. The molecule has 3 N–H and O–H groups in total. The van der Waals surface area contributed by atoms with E-state index in [-0.39, 0.29) is 11.8 Å². The van der Waals surface area contributed by atoms with Crippen LogP contribution in [0.4, 0.5) is 11.5 Å². The Morgan fingerprint density at radius 2 is 1.81 bits per heavy atom. The molecule has 1 heterocycles. The van der Waals surface area contributed by atoms with Crippen LogP contribution in [-0.2, 0) is 9.59 Å². The molecule has 3 rings (SSSR count). The molecule has 0 unspecified atom stereocenters. The average molecular weight is 353 g/mol. The van der Waals surface area contributed by atoms with Crippen LogP contribution in [0, 0.1) is 17.3 Å². The molecular formula is C19H19N3O4. The molecule has 0 spiro atoms. The molecule has 1 aromatic heterocycles. The van der Waals surface area contributed by atoms with Crippen LogP contribution in [0.3, 0.4) is 0 Å². The van der Waals surface area contributed by atoms with Crippen molar-refractivity contribution in [1.29, 1.82) is 0 Å². The Kier molecular flexibility index (Phi) is 4.46. The Morgan fingerprint density at radius 3 is 2.42 bits per heavy atom. The van der Waals surface area contributed by atoms with Gasteiger partial charge in [-0.25, -0.2) is 4.98 Å². The summed E-state index contributed by atoms with van der Waals surface area (Å²) < 4.78 is 0. The number of nitrogens with one attached hydrogen (secondary N) is 2. The summed E-state index contributed by atoms with van der Waals surface area (Å²) in [7, 11) is 0. The lowest BCUT2D eigenvalue weighted by Crippen LogP contribution is -2.18. The number of amides is 2. The van der Waals surface area contributed by atoms with Crippen molar-refractivity contribution in [2.75, 3.05) is 10.6 Å². The normalized spacial score (nSPS) is 20.1. The lowest BCUT2D eigenvalue weighted by molar-refractivity contribution is -0.140. The quantitative estimate of drug-likeness (QED) is 0.766. The predicted molar refractivity (Wildman–Crippen MR) is 95.7 cm³/mol. The molecule has 7 nitrogen and oxygen atoms in total. The van der Waals surface area contributed by atoms with Gasteiger partial charge in [0.1, 0.15) is 5.82 Å². The molecular weight excluding hydrogens is 334 g/mol. The highest BCUT2D eigenvalue weighted by Gasteiger charge is 2.65. The van der Waals surface area contributed by atoms with Crippen LogP contribution in [-0.4, -0.2) is 27.9 Å². The number of carbonyl (C=O) groups excluding carboxylic acids is 2. The first kappa shape index (κ1) is 17.6. The molecule has 1 saturated carbocycles. The SMILES string of the molecule is CC1(C)[C@H](C(=O)O)[C@@H]1C(=O)Nc1cccc(C(=O)Nc2ccccn2)c1. The van der Waals surface area contributed by atoms with E-state index in [1.165, 1.54) is 0 Å². The zero-order chi connectivity index (χ0) is 18.9. The zero-order valence-electron chi connectivity index (χ0n) is 14.4. The summed E-state index contributed by atoms with van der Waals surface area (Å²) in [5, 5.41) is 14.6. The van der Waals surface area contributed by atoms with Crippen molar-refractivity contribution < 1.29 is 19.5 Å². The van der Waals surface area contributed by atoms with Crippen LogP contribution >= 0.6 is 0 Å². The van der Waals surface area contributed by atoms with Gasteiger partial charge >= 0.3 is 5.97 Å². The fourth-order valence-corrected chi connectivity index (χ4v) is 3.17. The van der Waals surface area contributed by atoms with Gasteiger partial charge in [-0.15, -0.1) is 0 Å². The van der Waals surface area contributed by atoms with E-state index in [9.17, 15) is 19.5 Å². The largest absolute Gasteiger partial charge is 0.481 e. The van der Waals surface area contributed by atoms with Gasteiger partial charge in [-0.05, 0) is 35.7 Å². The second-order valence-corrected chi connectivity index (χ2v) is 6.85. The molecule has 134 valence electrons. The molecule has 1 aromatic carbocycles. The topological polar surface area (TPSA) is 108 Å². The van der Waals surface area contributed by atoms with Crippen molar-refractivity contribution in [3.8, 4) is 0 Å². The maximum atomic E-state index is 12.4. The van der Waals surface area contributed by atoms with E-state index in [2.05, 4.69) is 15.6 Å². The van der Waals surface area contributed by atoms with E-state index in [0.29, 0.717) is 17.1 Å². The van der Waals surface area contributed by atoms with E-state index >= 15 is 0 Å². The van der Waals surface area contributed by atoms with Crippen LogP contribution in [0.1, 0.15) is 24.2 Å². The van der Waals surface area contributed by atoms with Crippen molar-refractivity contribution in [3.63, 3.8) is 0 Å². The molecule has 0 aliphatic heterocycles. The van der Waals surface area contributed by atoms with Crippen LogP contribution in [0.5, 0.6) is 0 Å². The molecule has 0 bridgehead atoms. The van der Waals surface area contributed by atoms with Gasteiger partial charge in [0.25, 0.3) is 5.91 Å². The lowest BCUT2D eigenvalue weighted by Gasteiger charge is -2.08. The molecule has 2 aromatic rings. The number of rotatable bonds is 5. The Hall–Kier alpha value is -3.22. The van der Waals surface area contributed by atoms with E-state index in [1.807, 2.05) is 0 Å². The van der Waals surface area contributed by atoms with Gasteiger partial charge in [-0.3, -0.25) is 14.4 Å². The maximum Gasteiger partial charge on any atom is 0.307 e. The highest BCUT2D eigenvalue weighted by Crippen LogP contribution is 2.58. The predicted octanol–water partition coefficient (Wildman–Crippen LogP) is 2.63. The number of aliphatic carboxylic acids is 1. The van der Waals surface area contributed by atoms with E-state index < -0.39 is 23.2 Å². The molecule has 0 radical (unpaired) electrons. The summed E-state index contributed by atoms with van der Waals surface area (Å²) in [5.74, 6) is -2.54. The van der Waals surface area contributed by atoms with Gasteiger partial charge in [-0.2, -0.15) is 0 Å². The Labute approximate surface area is 150 Å². The molecule has 7 heteroatoms. The van der Waals surface area contributed by atoms with E-state index in [0.717, 1.165) is 0 Å². The summed E-state index contributed by atoms with van der Waals surface area (Å²) >= 11 is 0. The Bertz CT molecular complexity index is 864. The fraction of sp³-hybridized carbons (Fsp3) is 0.263. The third-order valence-corrected chi connectivity index (χ3v) is 4.67. The van der Waals surface area contributed by atoms with Crippen molar-refractivity contribution in [3.05, 3.63) is 54.2 Å². The molecule has 26 heavy (non-hydrogen) atoms. The van der Waals surface area contributed by atoms with Gasteiger partial charge in [0.15, 0.2) is 0 Å². The summed E-state index contributed by atoms with van der Waals surface area (Å²) in [4.78, 5) is 39.9. The second kappa shape index (κ2) is 6.59. The summed E-state index contributed by atoms with van der Waals surface area (Å²) in [6.07, 6.45) is 1.57. The maximum absolute atomic E-state index is 12.4. The summed E-state index contributed by atoms with van der Waals surface area (Å²) in [6.45, 7) is 3.51. The van der Waals surface area contributed by atoms with Gasteiger partial charge in [0, 0.05) is 17.4 Å². The number of carboxylic acid groups (broad SMARTS) is 1. The van der Waals surface area contributed by atoms with Crippen molar-refractivity contribution in [2.24, 2.45) is 17.3 Å². The van der Waals surface area contributed by atoms with Crippen molar-refractivity contribution in [1.82, 2.24) is 4.98 Å². The molecule has 1 fully saturated rings. The molecule has 0 saturated heterocycles. The van der Waals surface area contributed by atoms with Crippen LogP contribution in [0.15, 0.2) is 48.7 Å². The second-order valence-electron chi connectivity index (χ2n) is 6.85. The standard InChI is InChI=1S/C19H19N3O4/c1-19(2)14(15(19)18(25)26)17(24)21-12-7-5-6-11(10-12)16(23)22-13-8-3-4-9-20-13/h3-10,14-15H,1-2H3,(H,21,24)(H,25,26)(H,20,22,23)/t14-,15+/m1/s1.